The van der Waals surface area contributed by atoms with Gasteiger partial charge >= 0.3 is 0 Å². The molecule has 4 heteroatoms. The van der Waals surface area contributed by atoms with Crippen LogP contribution in [0, 0.1) is 0 Å². The molecule has 1 aromatic rings. The zero-order valence-electron chi connectivity index (χ0n) is 7.90. The smallest absolute Gasteiger partial charge is 0.238 e. The predicted molar refractivity (Wildman–Crippen MR) is 51.4 cm³/mol. The molecule has 0 aliphatic carbocycles. The van der Waals surface area contributed by atoms with Gasteiger partial charge in [0.15, 0.2) is 0 Å². The number of phenolic OH excluding ortho intramolecular Hbond substituents is 1. The Bertz CT molecular complexity index is 365. The maximum absolute atomic E-state index is 11.2. The summed E-state index contributed by atoms with van der Waals surface area (Å²) in [5.41, 5.74) is 3.95. The number of carbonyl (C=O) groups is 1. The quantitative estimate of drug-likeness (QED) is 0.692. The maximum Gasteiger partial charge on any atom is 0.238 e. The molecule has 1 unspecified atom stereocenters. The highest BCUT2D eigenvalue weighted by Crippen LogP contribution is 2.25. The molecule has 0 bridgehead atoms. The summed E-state index contributed by atoms with van der Waals surface area (Å²) in [5, 5.41) is 10.8. The summed E-state index contributed by atoms with van der Waals surface area (Å²) in [6.07, 6.45) is 0.444. The summed E-state index contributed by atoms with van der Waals surface area (Å²) in [6.45, 7) is 0. The Morgan fingerprint density at radius 3 is 2.93 bits per heavy atom. The van der Waals surface area contributed by atoms with Gasteiger partial charge in [-0.25, -0.2) is 5.43 Å². The Balaban J connectivity index is 2.21. The van der Waals surface area contributed by atoms with Crippen LogP contribution in [0.4, 0.5) is 0 Å². The molecule has 1 aliphatic heterocycles. The van der Waals surface area contributed by atoms with Crippen molar-refractivity contribution in [1.82, 2.24) is 10.4 Å². The Morgan fingerprint density at radius 2 is 2.36 bits per heavy atom. The van der Waals surface area contributed by atoms with Crippen molar-refractivity contribution < 1.29 is 9.90 Å². The molecule has 4 nitrogen and oxygen atoms in total. The first-order chi connectivity index (χ1) is 6.66. The number of benzene rings is 1. The second-order valence-corrected chi connectivity index (χ2v) is 3.43. The molecule has 1 heterocycles. The summed E-state index contributed by atoms with van der Waals surface area (Å²) in [7, 11) is 1.70. The minimum absolute atomic E-state index is 0.0143. The number of carbonyl (C=O) groups excluding carboxylic acids is 1. The van der Waals surface area contributed by atoms with Gasteiger partial charge in [-0.15, -0.1) is 0 Å². The second-order valence-electron chi connectivity index (χ2n) is 3.43. The number of hydrogen-bond acceptors (Lipinski definition) is 3. The van der Waals surface area contributed by atoms with Crippen molar-refractivity contribution in [2.45, 2.75) is 12.5 Å². The van der Waals surface area contributed by atoms with Gasteiger partial charge in [0.25, 0.3) is 0 Å². The highest BCUT2D eigenvalue weighted by molar-refractivity contribution is 5.78. The minimum atomic E-state index is -0.0143. The Labute approximate surface area is 82.1 Å². The second kappa shape index (κ2) is 3.31. The first kappa shape index (κ1) is 9.02. The Morgan fingerprint density at radius 1 is 1.57 bits per heavy atom. The summed E-state index contributed by atoms with van der Waals surface area (Å²) < 4.78 is 0. The van der Waals surface area contributed by atoms with Crippen LogP contribution in [0.2, 0.25) is 0 Å². The number of nitrogens with zero attached hydrogens (tertiary/aromatic N) is 1. The van der Waals surface area contributed by atoms with Gasteiger partial charge in [0.05, 0.1) is 6.04 Å². The van der Waals surface area contributed by atoms with E-state index in [1.54, 1.807) is 25.2 Å². The molecule has 0 radical (unpaired) electrons. The lowest BCUT2D eigenvalue weighted by Gasteiger charge is -2.12. The molecule has 1 amide bonds. The fourth-order valence-electron chi connectivity index (χ4n) is 1.60. The van der Waals surface area contributed by atoms with Crippen LogP contribution in [-0.4, -0.2) is 23.1 Å². The summed E-state index contributed by atoms with van der Waals surface area (Å²) in [6, 6.07) is 6.94. The van der Waals surface area contributed by atoms with E-state index in [1.807, 2.05) is 6.07 Å². The number of rotatable bonds is 1. The highest BCUT2D eigenvalue weighted by atomic mass is 16.3. The minimum Gasteiger partial charge on any atom is -0.508 e. The topological polar surface area (TPSA) is 52.6 Å². The molecule has 1 atom stereocenters. The van der Waals surface area contributed by atoms with E-state index >= 15 is 0 Å². The van der Waals surface area contributed by atoms with Gasteiger partial charge in [-0.3, -0.25) is 9.80 Å². The summed E-state index contributed by atoms with van der Waals surface area (Å²) in [5.74, 6) is 0.296. The van der Waals surface area contributed by atoms with Crippen LogP contribution in [-0.2, 0) is 4.79 Å². The third-order valence-corrected chi connectivity index (χ3v) is 2.37. The molecule has 0 aromatic heterocycles. The first-order valence-electron chi connectivity index (χ1n) is 4.48. The van der Waals surface area contributed by atoms with Crippen LogP contribution in [0.5, 0.6) is 5.75 Å². The van der Waals surface area contributed by atoms with Gasteiger partial charge in [-0.1, -0.05) is 12.1 Å². The van der Waals surface area contributed by atoms with E-state index in [4.69, 9.17) is 0 Å². The van der Waals surface area contributed by atoms with E-state index in [-0.39, 0.29) is 17.7 Å². The van der Waals surface area contributed by atoms with Crippen molar-refractivity contribution in [3.05, 3.63) is 29.8 Å². The van der Waals surface area contributed by atoms with E-state index in [0.29, 0.717) is 6.42 Å². The maximum atomic E-state index is 11.2. The van der Waals surface area contributed by atoms with Gasteiger partial charge < -0.3 is 5.11 Å². The molecule has 1 saturated heterocycles. The zero-order chi connectivity index (χ0) is 10.1. The normalized spacial score (nSPS) is 21.6. The molecule has 1 fully saturated rings. The van der Waals surface area contributed by atoms with E-state index in [2.05, 4.69) is 5.43 Å². The van der Waals surface area contributed by atoms with E-state index in [9.17, 15) is 9.90 Å². The molecule has 74 valence electrons. The number of amides is 1. The van der Waals surface area contributed by atoms with Crippen LogP contribution in [0.3, 0.4) is 0 Å². The van der Waals surface area contributed by atoms with Gasteiger partial charge in [0.2, 0.25) is 5.91 Å². The van der Waals surface area contributed by atoms with Crippen molar-refractivity contribution in [2.75, 3.05) is 7.05 Å². The largest absolute Gasteiger partial charge is 0.508 e. The van der Waals surface area contributed by atoms with Crippen LogP contribution in [0.1, 0.15) is 18.0 Å². The lowest BCUT2D eigenvalue weighted by Crippen LogP contribution is -2.30. The Hall–Kier alpha value is -1.55. The highest BCUT2D eigenvalue weighted by Gasteiger charge is 2.27. The predicted octanol–water partition coefficient (Wildman–Crippen LogP) is 0.800. The van der Waals surface area contributed by atoms with Crippen molar-refractivity contribution >= 4 is 5.91 Å². The third kappa shape index (κ3) is 1.56. The van der Waals surface area contributed by atoms with Crippen LogP contribution in [0.25, 0.3) is 0 Å². The molecular formula is C10H12N2O2. The van der Waals surface area contributed by atoms with E-state index in [0.717, 1.165) is 5.56 Å². The SMILES string of the molecule is CN1NC(c2cccc(O)c2)CC1=O. The van der Waals surface area contributed by atoms with Crippen molar-refractivity contribution in [3.63, 3.8) is 0 Å². The van der Waals surface area contributed by atoms with Gasteiger partial charge in [0.1, 0.15) is 5.75 Å². The molecule has 1 aliphatic rings. The van der Waals surface area contributed by atoms with Crippen molar-refractivity contribution in [2.24, 2.45) is 0 Å². The zero-order valence-corrected chi connectivity index (χ0v) is 7.90. The number of nitrogens with one attached hydrogen (secondary N) is 1. The molecular weight excluding hydrogens is 180 g/mol. The van der Waals surface area contributed by atoms with E-state index < -0.39 is 0 Å². The monoisotopic (exact) mass is 192 g/mol. The number of phenols is 1. The van der Waals surface area contributed by atoms with Gasteiger partial charge in [0, 0.05) is 13.5 Å². The molecule has 0 spiro atoms. The molecule has 2 N–H and O–H groups in total. The van der Waals surface area contributed by atoms with Gasteiger partial charge in [-0.2, -0.15) is 0 Å². The fraction of sp³-hybridized carbons (Fsp3) is 0.300. The van der Waals surface area contributed by atoms with Gasteiger partial charge in [-0.05, 0) is 17.7 Å². The molecule has 1 aromatic carbocycles. The molecule has 2 rings (SSSR count). The average Bonchev–Trinajstić information content (AvgIpc) is 2.47. The van der Waals surface area contributed by atoms with Crippen LogP contribution >= 0.6 is 0 Å². The van der Waals surface area contributed by atoms with Crippen molar-refractivity contribution in [3.8, 4) is 5.75 Å². The fourth-order valence-corrected chi connectivity index (χ4v) is 1.60. The third-order valence-electron chi connectivity index (χ3n) is 2.37. The number of aromatic hydroxyl groups is 1. The number of hydrogen-bond donors (Lipinski definition) is 2. The van der Waals surface area contributed by atoms with Crippen molar-refractivity contribution in [1.29, 1.82) is 0 Å². The average molecular weight is 192 g/mol. The summed E-state index contributed by atoms with van der Waals surface area (Å²) in [4.78, 5) is 11.2. The van der Waals surface area contributed by atoms with E-state index in [1.165, 1.54) is 5.01 Å². The number of hydrazine groups is 1. The molecule has 14 heavy (non-hydrogen) atoms. The Kier molecular flexibility index (Phi) is 2.13. The standard InChI is InChI=1S/C10H12N2O2/c1-12-10(14)6-9(11-12)7-3-2-4-8(13)5-7/h2-5,9,11,13H,6H2,1H3. The first-order valence-corrected chi connectivity index (χ1v) is 4.48. The molecule has 0 saturated carbocycles. The lowest BCUT2D eigenvalue weighted by molar-refractivity contribution is -0.128. The lowest BCUT2D eigenvalue weighted by atomic mass is 10.1. The summed E-state index contributed by atoms with van der Waals surface area (Å²) >= 11 is 0. The van der Waals surface area contributed by atoms with Crippen LogP contribution < -0.4 is 5.43 Å². The van der Waals surface area contributed by atoms with Crippen LogP contribution in [0.15, 0.2) is 24.3 Å².